The summed E-state index contributed by atoms with van der Waals surface area (Å²) in [5.74, 6) is 0.105. The van der Waals surface area contributed by atoms with E-state index in [4.69, 9.17) is 0 Å². The summed E-state index contributed by atoms with van der Waals surface area (Å²) < 4.78 is 3.36. The van der Waals surface area contributed by atoms with Crippen LogP contribution in [0, 0.1) is 0 Å². The first kappa shape index (κ1) is 15.9. The van der Waals surface area contributed by atoms with E-state index in [9.17, 15) is 4.79 Å². The van der Waals surface area contributed by atoms with Crippen molar-refractivity contribution in [2.75, 3.05) is 24.5 Å². The zero-order valence-electron chi connectivity index (χ0n) is 13.5. The van der Waals surface area contributed by atoms with Crippen molar-refractivity contribution >= 4 is 34.3 Å². The van der Waals surface area contributed by atoms with Crippen LogP contribution in [0.4, 0.5) is 5.69 Å². The van der Waals surface area contributed by atoms with E-state index in [0.29, 0.717) is 6.54 Å². The Hall–Kier alpha value is -1.98. The molecule has 1 amide bonds. The number of hydrogen-bond donors (Lipinski definition) is 2. The minimum absolute atomic E-state index is 0.105. The summed E-state index contributed by atoms with van der Waals surface area (Å²) in [7, 11) is 0. The number of benzene rings is 2. The van der Waals surface area contributed by atoms with Gasteiger partial charge in [0.1, 0.15) is 0 Å². The Labute approximate surface area is 141 Å². The highest BCUT2D eigenvalue weighted by molar-refractivity contribution is 7.97. The number of carbonyl (C=O) groups excluding carboxylic acids is 1. The van der Waals surface area contributed by atoms with Crippen LogP contribution in [-0.2, 0) is 0 Å². The van der Waals surface area contributed by atoms with Gasteiger partial charge in [-0.15, -0.1) is 0 Å². The quantitative estimate of drug-likeness (QED) is 0.603. The molecule has 0 radical (unpaired) electrons. The van der Waals surface area contributed by atoms with Gasteiger partial charge in [-0.05, 0) is 49.4 Å². The highest BCUT2D eigenvalue weighted by Crippen LogP contribution is 2.40. The van der Waals surface area contributed by atoms with Gasteiger partial charge in [-0.1, -0.05) is 18.7 Å². The zero-order chi connectivity index (χ0) is 16.4. The largest absolute Gasteiger partial charge is 0.388 e. The SMILES string of the molecule is C=C(C)NCCNSc1ccc2c3c(cccc13)C(=O)N2CC. The van der Waals surface area contributed by atoms with E-state index >= 15 is 0 Å². The number of anilines is 1. The van der Waals surface area contributed by atoms with Crippen LogP contribution in [0.3, 0.4) is 0 Å². The summed E-state index contributed by atoms with van der Waals surface area (Å²) >= 11 is 1.61. The number of rotatable bonds is 7. The second-order valence-corrected chi connectivity index (χ2v) is 6.50. The summed E-state index contributed by atoms with van der Waals surface area (Å²) in [6, 6.07) is 10.1. The van der Waals surface area contributed by atoms with Gasteiger partial charge in [0.25, 0.3) is 5.91 Å². The summed E-state index contributed by atoms with van der Waals surface area (Å²) in [4.78, 5) is 15.5. The number of amides is 1. The van der Waals surface area contributed by atoms with E-state index in [1.54, 1.807) is 11.9 Å². The first-order chi connectivity index (χ1) is 11.1. The molecule has 4 nitrogen and oxygen atoms in total. The van der Waals surface area contributed by atoms with Crippen molar-refractivity contribution in [2.24, 2.45) is 0 Å². The van der Waals surface area contributed by atoms with Gasteiger partial charge in [0.15, 0.2) is 0 Å². The van der Waals surface area contributed by atoms with Gasteiger partial charge >= 0.3 is 0 Å². The van der Waals surface area contributed by atoms with Gasteiger partial charge in [0.2, 0.25) is 0 Å². The third-order valence-corrected chi connectivity index (χ3v) is 4.82. The standard InChI is InChI=1S/C18H21N3OS/c1-4-21-15-8-9-16(23-20-11-10-19-12(2)3)13-6-5-7-14(17(13)15)18(21)22/h5-9,19-20H,2,4,10-11H2,1,3H3. The van der Waals surface area contributed by atoms with E-state index in [2.05, 4.69) is 34.8 Å². The van der Waals surface area contributed by atoms with Crippen molar-refractivity contribution in [1.82, 2.24) is 10.0 Å². The first-order valence-electron chi connectivity index (χ1n) is 7.80. The molecule has 0 saturated carbocycles. The third kappa shape index (κ3) is 2.94. The van der Waals surface area contributed by atoms with E-state index < -0.39 is 0 Å². The Morgan fingerprint density at radius 3 is 2.83 bits per heavy atom. The molecule has 3 rings (SSSR count). The topological polar surface area (TPSA) is 44.4 Å². The van der Waals surface area contributed by atoms with Gasteiger partial charge in [-0.25, -0.2) is 0 Å². The number of carbonyl (C=O) groups is 1. The Morgan fingerprint density at radius 2 is 2.09 bits per heavy atom. The number of hydrogen-bond acceptors (Lipinski definition) is 4. The molecule has 5 heteroatoms. The van der Waals surface area contributed by atoms with E-state index in [1.165, 1.54) is 0 Å². The molecule has 0 bridgehead atoms. The van der Waals surface area contributed by atoms with Crippen LogP contribution in [0.15, 0.2) is 47.5 Å². The Bertz CT molecular complexity index is 772. The van der Waals surface area contributed by atoms with Crippen molar-refractivity contribution in [3.63, 3.8) is 0 Å². The lowest BCUT2D eigenvalue weighted by Gasteiger charge is -2.15. The van der Waals surface area contributed by atoms with Gasteiger partial charge in [0.05, 0.1) is 5.69 Å². The molecule has 0 fully saturated rings. The lowest BCUT2D eigenvalue weighted by Crippen LogP contribution is -2.25. The molecule has 2 N–H and O–H groups in total. The maximum Gasteiger partial charge on any atom is 0.258 e. The molecule has 2 aromatic carbocycles. The normalized spacial score (nSPS) is 13.0. The van der Waals surface area contributed by atoms with E-state index in [1.807, 2.05) is 30.9 Å². The molecule has 2 aromatic rings. The maximum absolute atomic E-state index is 12.5. The summed E-state index contributed by atoms with van der Waals surface area (Å²) in [5.41, 5.74) is 2.81. The lowest BCUT2D eigenvalue weighted by atomic mass is 10.1. The fourth-order valence-electron chi connectivity index (χ4n) is 2.88. The van der Waals surface area contributed by atoms with E-state index in [0.717, 1.165) is 45.7 Å². The lowest BCUT2D eigenvalue weighted by molar-refractivity contribution is 0.0994. The van der Waals surface area contributed by atoms with Crippen LogP contribution in [0.1, 0.15) is 24.2 Å². The smallest absolute Gasteiger partial charge is 0.258 e. The minimum Gasteiger partial charge on any atom is -0.388 e. The summed E-state index contributed by atoms with van der Waals surface area (Å²) in [6.45, 7) is 10.1. The molecule has 120 valence electrons. The molecule has 0 unspecified atom stereocenters. The van der Waals surface area contributed by atoms with Gasteiger partial charge in [0, 0.05) is 41.2 Å². The van der Waals surface area contributed by atoms with E-state index in [-0.39, 0.29) is 5.91 Å². The second kappa shape index (κ2) is 6.64. The van der Waals surface area contributed by atoms with Crippen LogP contribution in [-0.4, -0.2) is 25.5 Å². The molecule has 0 aromatic heterocycles. The Kier molecular flexibility index (Phi) is 4.59. The molecule has 1 aliphatic rings. The van der Waals surface area contributed by atoms with Crippen molar-refractivity contribution in [3.05, 3.63) is 48.2 Å². The number of allylic oxidation sites excluding steroid dienone is 1. The minimum atomic E-state index is 0.105. The average Bonchev–Trinajstić information content (AvgIpc) is 2.82. The zero-order valence-corrected chi connectivity index (χ0v) is 14.3. The van der Waals surface area contributed by atoms with Crippen molar-refractivity contribution in [3.8, 4) is 0 Å². The van der Waals surface area contributed by atoms with Crippen LogP contribution in [0.25, 0.3) is 10.8 Å². The summed E-state index contributed by atoms with van der Waals surface area (Å²) in [5, 5.41) is 5.40. The highest BCUT2D eigenvalue weighted by atomic mass is 32.2. The predicted molar refractivity (Wildman–Crippen MR) is 98.0 cm³/mol. The fraction of sp³-hybridized carbons (Fsp3) is 0.278. The Balaban J connectivity index is 1.83. The van der Waals surface area contributed by atoms with Gasteiger partial charge in [-0.2, -0.15) is 0 Å². The number of nitrogens with zero attached hydrogens (tertiary/aromatic N) is 1. The molecular weight excluding hydrogens is 306 g/mol. The van der Waals surface area contributed by atoms with Crippen LogP contribution in [0.2, 0.25) is 0 Å². The van der Waals surface area contributed by atoms with Crippen LogP contribution in [0.5, 0.6) is 0 Å². The molecule has 0 atom stereocenters. The van der Waals surface area contributed by atoms with Crippen molar-refractivity contribution in [1.29, 1.82) is 0 Å². The predicted octanol–water partition coefficient (Wildman–Crippen LogP) is 3.54. The molecule has 0 aliphatic carbocycles. The monoisotopic (exact) mass is 327 g/mol. The van der Waals surface area contributed by atoms with Crippen molar-refractivity contribution in [2.45, 2.75) is 18.7 Å². The third-order valence-electron chi connectivity index (χ3n) is 3.90. The molecule has 1 heterocycles. The Morgan fingerprint density at radius 1 is 1.26 bits per heavy atom. The molecule has 0 saturated heterocycles. The van der Waals surface area contributed by atoms with Crippen molar-refractivity contribution < 1.29 is 4.79 Å². The molecule has 0 spiro atoms. The first-order valence-corrected chi connectivity index (χ1v) is 8.61. The van der Waals surface area contributed by atoms with Gasteiger partial charge < -0.3 is 10.2 Å². The summed E-state index contributed by atoms with van der Waals surface area (Å²) in [6.07, 6.45) is 0. The average molecular weight is 327 g/mol. The molecule has 23 heavy (non-hydrogen) atoms. The molecular formula is C18H21N3OS. The van der Waals surface area contributed by atoms with Gasteiger partial charge in [-0.3, -0.25) is 9.52 Å². The highest BCUT2D eigenvalue weighted by Gasteiger charge is 2.29. The molecule has 1 aliphatic heterocycles. The van der Waals surface area contributed by atoms with Crippen LogP contribution < -0.4 is 14.9 Å². The fourth-order valence-corrected chi connectivity index (χ4v) is 3.65. The van der Waals surface area contributed by atoms with Crippen LogP contribution >= 0.6 is 11.9 Å². The second-order valence-electron chi connectivity index (χ2n) is 5.56. The maximum atomic E-state index is 12.5. The number of nitrogens with one attached hydrogen (secondary N) is 2.